The molecule has 0 aromatic carbocycles. The topological polar surface area (TPSA) is 12.0 Å². The lowest BCUT2D eigenvalue weighted by molar-refractivity contribution is 0.283. The molecule has 1 unspecified atom stereocenters. The molecule has 0 amide bonds. The van der Waals surface area contributed by atoms with Crippen molar-refractivity contribution in [3.63, 3.8) is 0 Å². The Balaban J connectivity index is 2.36. The Hall–Kier alpha value is -0.0400. The standard InChI is InChI=1S/C16H33N/c1-13(2)10-15(12-17-16(3,4)5)11-14-8-6-7-9-14/h13-15,17H,6-12H2,1-5H3. The molecule has 1 nitrogen and oxygen atoms in total. The summed E-state index contributed by atoms with van der Waals surface area (Å²) in [5.74, 6) is 2.75. The molecule has 0 aliphatic heterocycles. The lowest BCUT2D eigenvalue weighted by Crippen LogP contribution is -2.39. The second kappa shape index (κ2) is 6.78. The highest BCUT2D eigenvalue weighted by molar-refractivity contribution is 4.77. The first-order valence-electron chi connectivity index (χ1n) is 7.62. The number of rotatable bonds is 6. The van der Waals surface area contributed by atoms with Crippen LogP contribution < -0.4 is 5.32 Å². The van der Waals surface area contributed by atoms with Crippen LogP contribution in [0.1, 0.15) is 73.1 Å². The van der Waals surface area contributed by atoms with Crippen LogP contribution in [-0.2, 0) is 0 Å². The molecular weight excluding hydrogens is 206 g/mol. The van der Waals surface area contributed by atoms with E-state index < -0.39 is 0 Å². The van der Waals surface area contributed by atoms with Gasteiger partial charge in [-0.3, -0.25) is 0 Å². The Kier molecular flexibility index (Phi) is 5.99. The summed E-state index contributed by atoms with van der Waals surface area (Å²) in [6.45, 7) is 12.7. The van der Waals surface area contributed by atoms with Crippen molar-refractivity contribution in [2.45, 2.75) is 78.7 Å². The third kappa shape index (κ3) is 7.08. The fourth-order valence-corrected chi connectivity index (χ4v) is 3.10. The minimum atomic E-state index is 0.269. The van der Waals surface area contributed by atoms with E-state index in [1.54, 1.807) is 0 Å². The molecule has 1 saturated carbocycles. The Bertz CT molecular complexity index is 196. The number of hydrogen-bond donors (Lipinski definition) is 1. The van der Waals surface area contributed by atoms with E-state index in [0.29, 0.717) is 0 Å². The highest BCUT2D eigenvalue weighted by Gasteiger charge is 2.22. The molecule has 0 radical (unpaired) electrons. The van der Waals surface area contributed by atoms with Crippen LogP contribution in [0, 0.1) is 17.8 Å². The van der Waals surface area contributed by atoms with E-state index in [1.165, 1.54) is 45.1 Å². The SMILES string of the molecule is CC(C)CC(CNC(C)(C)C)CC1CCCC1. The second-order valence-electron chi connectivity index (χ2n) is 7.51. The van der Waals surface area contributed by atoms with E-state index in [1.807, 2.05) is 0 Å². The lowest BCUT2D eigenvalue weighted by Gasteiger charge is -2.28. The van der Waals surface area contributed by atoms with Gasteiger partial charge in [-0.15, -0.1) is 0 Å². The molecule has 1 aliphatic rings. The minimum absolute atomic E-state index is 0.269. The summed E-state index contributed by atoms with van der Waals surface area (Å²) in [6.07, 6.45) is 8.78. The van der Waals surface area contributed by atoms with Crippen molar-refractivity contribution < 1.29 is 0 Å². The summed E-state index contributed by atoms with van der Waals surface area (Å²) >= 11 is 0. The van der Waals surface area contributed by atoms with Crippen molar-refractivity contribution in [2.24, 2.45) is 17.8 Å². The Morgan fingerprint density at radius 3 is 2.18 bits per heavy atom. The fraction of sp³-hybridized carbons (Fsp3) is 1.00. The molecule has 1 N–H and O–H groups in total. The smallest absolute Gasteiger partial charge is 0.00966 e. The predicted molar refractivity (Wildman–Crippen MR) is 77.3 cm³/mol. The Labute approximate surface area is 109 Å². The van der Waals surface area contributed by atoms with E-state index in [-0.39, 0.29) is 5.54 Å². The molecule has 0 bridgehead atoms. The molecule has 0 aromatic rings. The average molecular weight is 239 g/mol. The van der Waals surface area contributed by atoms with Gasteiger partial charge in [0.15, 0.2) is 0 Å². The van der Waals surface area contributed by atoms with Crippen molar-refractivity contribution in [3.05, 3.63) is 0 Å². The van der Waals surface area contributed by atoms with Gasteiger partial charge in [0.05, 0.1) is 0 Å². The first-order valence-corrected chi connectivity index (χ1v) is 7.62. The summed E-state index contributed by atoms with van der Waals surface area (Å²) in [7, 11) is 0. The zero-order valence-electron chi connectivity index (χ0n) is 12.7. The maximum Gasteiger partial charge on any atom is 0.00966 e. The second-order valence-corrected chi connectivity index (χ2v) is 7.51. The first-order chi connectivity index (χ1) is 7.87. The molecule has 0 saturated heterocycles. The van der Waals surface area contributed by atoms with Crippen molar-refractivity contribution in [3.8, 4) is 0 Å². The van der Waals surface area contributed by atoms with E-state index in [9.17, 15) is 0 Å². The quantitative estimate of drug-likeness (QED) is 0.713. The molecule has 1 rings (SSSR count). The maximum absolute atomic E-state index is 3.70. The number of hydrogen-bond acceptors (Lipinski definition) is 1. The third-order valence-electron chi connectivity index (χ3n) is 3.87. The normalized spacial score (nSPS) is 20.1. The van der Waals surface area contributed by atoms with Crippen LogP contribution in [0.4, 0.5) is 0 Å². The zero-order valence-corrected chi connectivity index (χ0v) is 12.7. The fourth-order valence-electron chi connectivity index (χ4n) is 3.10. The molecule has 1 heteroatoms. The van der Waals surface area contributed by atoms with Gasteiger partial charge in [0.25, 0.3) is 0 Å². The van der Waals surface area contributed by atoms with Gasteiger partial charge in [-0.2, -0.15) is 0 Å². The minimum Gasteiger partial charge on any atom is -0.312 e. The Morgan fingerprint density at radius 2 is 1.71 bits per heavy atom. The van der Waals surface area contributed by atoms with Gasteiger partial charge in [-0.05, 0) is 57.9 Å². The van der Waals surface area contributed by atoms with E-state index in [4.69, 9.17) is 0 Å². The predicted octanol–water partition coefficient (Wildman–Crippen LogP) is 4.62. The largest absolute Gasteiger partial charge is 0.312 e. The van der Waals surface area contributed by atoms with Crippen LogP contribution in [-0.4, -0.2) is 12.1 Å². The summed E-state index contributed by atoms with van der Waals surface area (Å²) in [4.78, 5) is 0. The van der Waals surface area contributed by atoms with E-state index in [0.717, 1.165) is 17.8 Å². The summed E-state index contributed by atoms with van der Waals surface area (Å²) in [5, 5.41) is 3.70. The van der Waals surface area contributed by atoms with Gasteiger partial charge in [0, 0.05) is 5.54 Å². The molecule has 17 heavy (non-hydrogen) atoms. The van der Waals surface area contributed by atoms with Crippen molar-refractivity contribution in [1.29, 1.82) is 0 Å². The molecule has 0 heterocycles. The Morgan fingerprint density at radius 1 is 1.12 bits per heavy atom. The van der Waals surface area contributed by atoms with Crippen LogP contribution in [0.2, 0.25) is 0 Å². The van der Waals surface area contributed by atoms with Crippen LogP contribution in [0.25, 0.3) is 0 Å². The molecule has 1 atom stereocenters. The van der Waals surface area contributed by atoms with Crippen LogP contribution in [0.3, 0.4) is 0 Å². The monoisotopic (exact) mass is 239 g/mol. The highest BCUT2D eigenvalue weighted by atomic mass is 14.9. The van der Waals surface area contributed by atoms with Gasteiger partial charge in [-0.25, -0.2) is 0 Å². The van der Waals surface area contributed by atoms with Gasteiger partial charge < -0.3 is 5.32 Å². The summed E-state index contributed by atoms with van der Waals surface area (Å²) < 4.78 is 0. The van der Waals surface area contributed by atoms with Gasteiger partial charge in [-0.1, -0.05) is 39.5 Å². The highest BCUT2D eigenvalue weighted by Crippen LogP contribution is 2.32. The van der Waals surface area contributed by atoms with E-state index in [2.05, 4.69) is 39.9 Å². The number of nitrogens with one attached hydrogen (secondary N) is 1. The average Bonchev–Trinajstić information content (AvgIpc) is 2.65. The molecule has 1 fully saturated rings. The summed E-state index contributed by atoms with van der Waals surface area (Å²) in [6, 6.07) is 0. The van der Waals surface area contributed by atoms with Gasteiger partial charge >= 0.3 is 0 Å². The van der Waals surface area contributed by atoms with Crippen LogP contribution in [0.5, 0.6) is 0 Å². The first kappa shape index (κ1) is 15.0. The van der Waals surface area contributed by atoms with Gasteiger partial charge in [0.1, 0.15) is 0 Å². The zero-order chi connectivity index (χ0) is 12.9. The lowest BCUT2D eigenvalue weighted by atomic mass is 9.86. The molecular formula is C16H33N. The third-order valence-corrected chi connectivity index (χ3v) is 3.87. The molecule has 0 aromatic heterocycles. The van der Waals surface area contributed by atoms with E-state index >= 15 is 0 Å². The van der Waals surface area contributed by atoms with Crippen molar-refractivity contribution in [1.82, 2.24) is 5.32 Å². The van der Waals surface area contributed by atoms with Crippen molar-refractivity contribution >= 4 is 0 Å². The van der Waals surface area contributed by atoms with Gasteiger partial charge in [0.2, 0.25) is 0 Å². The van der Waals surface area contributed by atoms with Crippen molar-refractivity contribution in [2.75, 3.05) is 6.54 Å². The maximum atomic E-state index is 3.70. The summed E-state index contributed by atoms with van der Waals surface area (Å²) in [5.41, 5.74) is 0.269. The molecule has 102 valence electrons. The van der Waals surface area contributed by atoms with Crippen LogP contribution >= 0.6 is 0 Å². The molecule has 1 aliphatic carbocycles. The molecule has 0 spiro atoms. The van der Waals surface area contributed by atoms with Crippen LogP contribution in [0.15, 0.2) is 0 Å².